The van der Waals surface area contributed by atoms with Crippen LogP contribution in [0.5, 0.6) is 0 Å². The molecule has 1 rings (SSSR count). The highest BCUT2D eigenvalue weighted by Crippen LogP contribution is 2.35. The maximum absolute atomic E-state index is 12.0. The molecular formula is C7H6F3NOS. The van der Waals surface area contributed by atoms with Crippen molar-refractivity contribution < 1.29 is 18.3 Å². The summed E-state index contributed by atoms with van der Waals surface area (Å²) in [5.41, 5.74) is 0.180. The molecule has 0 bridgehead atoms. The molecule has 0 saturated heterocycles. The Morgan fingerprint density at radius 2 is 2.23 bits per heavy atom. The Morgan fingerprint density at radius 3 is 2.62 bits per heavy atom. The van der Waals surface area contributed by atoms with Crippen LogP contribution in [0.2, 0.25) is 0 Å². The van der Waals surface area contributed by atoms with E-state index >= 15 is 0 Å². The van der Waals surface area contributed by atoms with Gasteiger partial charge in [0.2, 0.25) is 0 Å². The molecule has 72 valence electrons. The second kappa shape index (κ2) is 3.47. The SMILES string of the molecule is C=C(C(O)c1cncs1)C(F)(F)F. The molecule has 0 spiro atoms. The molecule has 0 aliphatic rings. The van der Waals surface area contributed by atoms with E-state index in [-0.39, 0.29) is 4.88 Å². The highest BCUT2D eigenvalue weighted by Gasteiger charge is 2.37. The summed E-state index contributed by atoms with van der Waals surface area (Å²) < 4.78 is 36.0. The minimum absolute atomic E-state index is 0.141. The van der Waals surface area contributed by atoms with Gasteiger partial charge in [-0.2, -0.15) is 13.2 Å². The van der Waals surface area contributed by atoms with Crippen molar-refractivity contribution in [2.24, 2.45) is 0 Å². The highest BCUT2D eigenvalue weighted by molar-refractivity contribution is 7.09. The molecule has 0 aromatic carbocycles. The first-order valence-corrected chi connectivity index (χ1v) is 4.13. The van der Waals surface area contributed by atoms with Crippen molar-refractivity contribution in [2.45, 2.75) is 12.3 Å². The number of rotatable bonds is 2. The zero-order valence-corrected chi connectivity index (χ0v) is 7.19. The summed E-state index contributed by atoms with van der Waals surface area (Å²) >= 11 is 0.954. The van der Waals surface area contributed by atoms with Gasteiger partial charge >= 0.3 is 6.18 Å². The Bertz CT molecular complexity index is 293. The van der Waals surface area contributed by atoms with Crippen LogP contribution in [0.3, 0.4) is 0 Å². The quantitative estimate of drug-likeness (QED) is 0.758. The Labute approximate surface area is 76.4 Å². The summed E-state index contributed by atoms with van der Waals surface area (Å²) in [6.07, 6.45) is -5.08. The molecule has 0 fully saturated rings. The smallest absolute Gasteiger partial charge is 0.383 e. The second-order valence-electron chi connectivity index (χ2n) is 2.33. The lowest BCUT2D eigenvalue weighted by atomic mass is 10.1. The van der Waals surface area contributed by atoms with E-state index in [0.717, 1.165) is 11.3 Å². The van der Waals surface area contributed by atoms with Gasteiger partial charge in [-0.05, 0) is 0 Å². The molecule has 13 heavy (non-hydrogen) atoms. The van der Waals surface area contributed by atoms with Crippen molar-refractivity contribution in [2.75, 3.05) is 0 Å². The molecule has 1 N–H and O–H groups in total. The van der Waals surface area contributed by atoms with Gasteiger partial charge in [-0.25, -0.2) is 0 Å². The number of hydrogen-bond acceptors (Lipinski definition) is 3. The first kappa shape index (κ1) is 10.2. The van der Waals surface area contributed by atoms with Crippen LogP contribution in [-0.2, 0) is 0 Å². The largest absolute Gasteiger partial charge is 0.414 e. The van der Waals surface area contributed by atoms with Gasteiger partial charge in [-0.1, -0.05) is 6.58 Å². The first-order chi connectivity index (χ1) is 5.93. The molecule has 1 aromatic heterocycles. The monoisotopic (exact) mass is 209 g/mol. The number of halogens is 3. The lowest BCUT2D eigenvalue weighted by molar-refractivity contribution is -0.105. The minimum Gasteiger partial charge on any atom is -0.383 e. The topological polar surface area (TPSA) is 33.1 Å². The van der Waals surface area contributed by atoms with E-state index in [0.29, 0.717) is 0 Å². The van der Waals surface area contributed by atoms with E-state index in [1.54, 1.807) is 0 Å². The fourth-order valence-corrected chi connectivity index (χ4v) is 1.32. The van der Waals surface area contributed by atoms with Crippen LogP contribution in [0.4, 0.5) is 13.2 Å². The number of nitrogens with zero attached hydrogens (tertiary/aromatic N) is 1. The lowest BCUT2D eigenvalue weighted by Gasteiger charge is -2.14. The second-order valence-corrected chi connectivity index (χ2v) is 3.25. The minimum atomic E-state index is -4.57. The lowest BCUT2D eigenvalue weighted by Crippen LogP contribution is -2.16. The summed E-state index contributed by atoms with van der Waals surface area (Å²) in [6, 6.07) is 0. The molecule has 0 amide bonds. The molecule has 0 radical (unpaired) electrons. The average Bonchev–Trinajstić information content (AvgIpc) is 2.51. The Morgan fingerprint density at radius 1 is 1.62 bits per heavy atom. The molecule has 0 aliphatic carbocycles. The molecule has 0 saturated carbocycles. The summed E-state index contributed by atoms with van der Waals surface area (Å²) in [5.74, 6) is 0. The summed E-state index contributed by atoms with van der Waals surface area (Å²) in [6.45, 7) is 2.79. The van der Waals surface area contributed by atoms with Gasteiger partial charge < -0.3 is 5.11 Å². The number of thiazole rings is 1. The van der Waals surface area contributed by atoms with Crippen LogP contribution in [-0.4, -0.2) is 16.3 Å². The number of aliphatic hydroxyl groups is 1. The summed E-state index contributed by atoms with van der Waals surface area (Å²) in [7, 11) is 0. The van der Waals surface area contributed by atoms with Crippen LogP contribution in [0, 0.1) is 0 Å². The number of aromatic nitrogens is 1. The van der Waals surface area contributed by atoms with Crippen molar-refractivity contribution in [3.05, 3.63) is 28.7 Å². The predicted molar refractivity (Wildman–Crippen MR) is 42.3 cm³/mol. The maximum atomic E-state index is 12.0. The van der Waals surface area contributed by atoms with Gasteiger partial charge in [0.15, 0.2) is 0 Å². The van der Waals surface area contributed by atoms with Crippen molar-refractivity contribution >= 4 is 11.3 Å². The third-order valence-electron chi connectivity index (χ3n) is 1.42. The van der Waals surface area contributed by atoms with Gasteiger partial charge in [0.1, 0.15) is 6.10 Å². The van der Waals surface area contributed by atoms with Gasteiger partial charge in [-0.15, -0.1) is 11.3 Å². The first-order valence-electron chi connectivity index (χ1n) is 3.25. The van der Waals surface area contributed by atoms with Crippen LogP contribution in [0.15, 0.2) is 23.9 Å². The van der Waals surface area contributed by atoms with Crippen molar-refractivity contribution in [3.8, 4) is 0 Å². The maximum Gasteiger partial charge on any atom is 0.414 e. The van der Waals surface area contributed by atoms with E-state index < -0.39 is 17.9 Å². The van der Waals surface area contributed by atoms with Crippen LogP contribution in [0.25, 0.3) is 0 Å². The van der Waals surface area contributed by atoms with Crippen LogP contribution in [0.1, 0.15) is 11.0 Å². The zero-order valence-electron chi connectivity index (χ0n) is 6.38. The van der Waals surface area contributed by atoms with E-state index in [4.69, 9.17) is 5.11 Å². The third kappa shape index (κ3) is 2.28. The Balaban J connectivity index is 2.81. The molecular weight excluding hydrogens is 203 g/mol. The van der Waals surface area contributed by atoms with Gasteiger partial charge in [-0.3, -0.25) is 4.98 Å². The number of aliphatic hydroxyl groups excluding tert-OH is 1. The van der Waals surface area contributed by atoms with Crippen molar-refractivity contribution in [3.63, 3.8) is 0 Å². The van der Waals surface area contributed by atoms with E-state index in [9.17, 15) is 13.2 Å². The van der Waals surface area contributed by atoms with Gasteiger partial charge in [0, 0.05) is 6.20 Å². The van der Waals surface area contributed by atoms with E-state index in [1.807, 2.05) is 0 Å². The van der Waals surface area contributed by atoms with Gasteiger partial charge in [0.05, 0.1) is 16.0 Å². The summed E-state index contributed by atoms with van der Waals surface area (Å²) in [5, 5.41) is 9.16. The molecule has 1 heterocycles. The third-order valence-corrected chi connectivity index (χ3v) is 2.24. The number of alkyl halides is 3. The molecule has 1 aromatic rings. The molecule has 1 unspecified atom stereocenters. The van der Waals surface area contributed by atoms with Crippen LogP contribution < -0.4 is 0 Å². The zero-order chi connectivity index (χ0) is 10.1. The molecule has 6 heteroatoms. The van der Waals surface area contributed by atoms with Crippen molar-refractivity contribution in [1.29, 1.82) is 0 Å². The number of hydrogen-bond donors (Lipinski definition) is 1. The Kier molecular flexibility index (Phi) is 2.72. The fraction of sp³-hybridized carbons (Fsp3) is 0.286. The van der Waals surface area contributed by atoms with Crippen molar-refractivity contribution in [1.82, 2.24) is 4.98 Å². The van der Waals surface area contributed by atoms with E-state index in [2.05, 4.69) is 11.6 Å². The standard InChI is InChI=1S/C7H6F3NOS/c1-4(7(8,9)10)6(12)5-2-11-3-13-5/h2-3,6,12H,1H2. The normalized spacial score (nSPS) is 14.2. The predicted octanol–water partition coefficient (Wildman–Crippen LogP) is 2.29. The van der Waals surface area contributed by atoms with E-state index in [1.165, 1.54) is 11.7 Å². The average molecular weight is 209 g/mol. The fourth-order valence-electron chi connectivity index (χ4n) is 0.687. The summed E-state index contributed by atoms with van der Waals surface area (Å²) in [4.78, 5) is 3.70. The van der Waals surface area contributed by atoms with Gasteiger partial charge in [0.25, 0.3) is 0 Å². The highest BCUT2D eigenvalue weighted by atomic mass is 32.1. The Hall–Kier alpha value is -0.880. The molecule has 1 atom stereocenters. The molecule has 0 aliphatic heterocycles. The van der Waals surface area contributed by atoms with Crippen LogP contribution >= 0.6 is 11.3 Å². The molecule has 2 nitrogen and oxygen atoms in total.